The summed E-state index contributed by atoms with van der Waals surface area (Å²) in [5.41, 5.74) is 1.31. The molecule has 1 amide bonds. The van der Waals surface area contributed by atoms with Gasteiger partial charge in [-0.15, -0.1) is 11.3 Å². The molecule has 2 rings (SSSR count). The molecule has 0 fully saturated rings. The Hall–Kier alpha value is -1.85. The van der Waals surface area contributed by atoms with Crippen LogP contribution in [0.15, 0.2) is 29.6 Å². The third kappa shape index (κ3) is 2.94. The number of nitrogens with one attached hydrogen (secondary N) is 1. The average molecular weight is 296 g/mol. The van der Waals surface area contributed by atoms with E-state index in [1.165, 1.54) is 17.4 Å². The van der Waals surface area contributed by atoms with Crippen molar-refractivity contribution >= 4 is 39.8 Å². The molecule has 2 N–H and O–H groups in total. The summed E-state index contributed by atoms with van der Waals surface area (Å²) < 4.78 is 0. The summed E-state index contributed by atoms with van der Waals surface area (Å²) in [5, 5.41) is 14.1. The van der Waals surface area contributed by atoms with Crippen LogP contribution in [0.4, 0.5) is 5.00 Å². The van der Waals surface area contributed by atoms with Crippen LogP contribution in [0.3, 0.4) is 0 Å². The lowest BCUT2D eigenvalue weighted by atomic mass is 10.1. The Morgan fingerprint density at radius 2 is 2.05 bits per heavy atom. The Balaban J connectivity index is 2.23. The SMILES string of the molecule is Cc1cc(C(=O)Nc2sccc2C(=O)O)ccc1Cl. The van der Waals surface area contributed by atoms with Crippen molar-refractivity contribution in [3.05, 3.63) is 51.4 Å². The van der Waals surface area contributed by atoms with E-state index < -0.39 is 5.97 Å². The minimum atomic E-state index is -1.07. The molecule has 4 nitrogen and oxygen atoms in total. The molecule has 0 radical (unpaired) electrons. The molecule has 1 aromatic carbocycles. The van der Waals surface area contributed by atoms with Crippen molar-refractivity contribution in [3.63, 3.8) is 0 Å². The van der Waals surface area contributed by atoms with E-state index in [4.69, 9.17) is 16.7 Å². The molecule has 19 heavy (non-hydrogen) atoms. The number of benzene rings is 1. The Kier molecular flexibility index (Phi) is 3.87. The Morgan fingerprint density at radius 3 is 2.68 bits per heavy atom. The van der Waals surface area contributed by atoms with E-state index in [9.17, 15) is 9.59 Å². The average Bonchev–Trinajstić information content (AvgIpc) is 2.80. The number of hydrogen-bond donors (Lipinski definition) is 2. The van der Waals surface area contributed by atoms with Gasteiger partial charge in [-0.05, 0) is 42.1 Å². The van der Waals surface area contributed by atoms with Crippen LogP contribution in [0.25, 0.3) is 0 Å². The quantitative estimate of drug-likeness (QED) is 0.908. The zero-order valence-electron chi connectivity index (χ0n) is 9.94. The molecular weight excluding hydrogens is 286 g/mol. The molecule has 0 unspecified atom stereocenters. The summed E-state index contributed by atoms with van der Waals surface area (Å²) in [6.45, 7) is 1.80. The Bertz CT molecular complexity index is 651. The summed E-state index contributed by atoms with van der Waals surface area (Å²) in [5.74, 6) is -1.42. The monoisotopic (exact) mass is 295 g/mol. The minimum absolute atomic E-state index is 0.0871. The second-order valence-corrected chi connectivity index (χ2v) is 5.21. The van der Waals surface area contributed by atoms with Gasteiger partial charge in [0.1, 0.15) is 5.00 Å². The van der Waals surface area contributed by atoms with Gasteiger partial charge in [-0.2, -0.15) is 0 Å². The number of carbonyl (C=O) groups is 2. The Labute approximate surface area is 118 Å². The summed E-state index contributed by atoms with van der Waals surface area (Å²) in [6.07, 6.45) is 0. The highest BCUT2D eigenvalue weighted by molar-refractivity contribution is 7.14. The van der Waals surface area contributed by atoms with Gasteiger partial charge in [0, 0.05) is 10.6 Å². The van der Waals surface area contributed by atoms with Gasteiger partial charge in [-0.1, -0.05) is 11.6 Å². The molecule has 0 bridgehead atoms. The fraction of sp³-hybridized carbons (Fsp3) is 0.0769. The van der Waals surface area contributed by atoms with Crippen LogP contribution in [0.5, 0.6) is 0 Å². The van der Waals surface area contributed by atoms with E-state index in [0.717, 1.165) is 5.56 Å². The molecule has 0 spiro atoms. The van der Waals surface area contributed by atoms with Gasteiger partial charge in [0.05, 0.1) is 5.56 Å². The van der Waals surface area contributed by atoms with Gasteiger partial charge in [0.15, 0.2) is 0 Å². The van der Waals surface area contributed by atoms with E-state index in [-0.39, 0.29) is 11.5 Å². The largest absolute Gasteiger partial charge is 0.478 e. The zero-order valence-corrected chi connectivity index (χ0v) is 11.5. The minimum Gasteiger partial charge on any atom is -0.478 e. The summed E-state index contributed by atoms with van der Waals surface area (Å²) in [7, 11) is 0. The number of carboxylic acids is 1. The van der Waals surface area contributed by atoms with E-state index >= 15 is 0 Å². The molecule has 98 valence electrons. The van der Waals surface area contributed by atoms with Gasteiger partial charge in [0.25, 0.3) is 5.91 Å². The van der Waals surface area contributed by atoms with Crippen LogP contribution in [-0.2, 0) is 0 Å². The molecule has 0 aliphatic rings. The molecule has 0 atom stereocenters. The molecular formula is C13H10ClNO3S. The predicted molar refractivity (Wildman–Crippen MR) is 75.4 cm³/mol. The normalized spacial score (nSPS) is 10.2. The first-order valence-electron chi connectivity index (χ1n) is 5.37. The number of carbonyl (C=O) groups excluding carboxylic acids is 1. The standard InChI is InChI=1S/C13H10ClNO3S/c1-7-6-8(2-3-10(7)14)11(16)15-12-9(13(17)18)4-5-19-12/h2-6H,1H3,(H,15,16)(H,17,18). The van der Waals surface area contributed by atoms with Gasteiger partial charge in [0.2, 0.25) is 0 Å². The molecule has 6 heteroatoms. The zero-order chi connectivity index (χ0) is 14.0. The number of carboxylic acid groups (broad SMARTS) is 1. The lowest BCUT2D eigenvalue weighted by molar-refractivity contribution is 0.0698. The van der Waals surface area contributed by atoms with E-state index in [0.29, 0.717) is 15.6 Å². The van der Waals surface area contributed by atoms with Crippen LogP contribution in [-0.4, -0.2) is 17.0 Å². The molecule has 2 aromatic rings. The van der Waals surface area contributed by atoms with E-state index in [1.54, 1.807) is 30.5 Å². The highest BCUT2D eigenvalue weighted by Crippen LogP contribution is 2.24. The lowest BCUT2D eigenvalue weighted by Gasteiger charge is -2.06. The lowest BCUT2D eigenvalue weighted by Crippen LogP contribution is -2.13. The second-order valence-electron chi connectivity index (χ2n) is 3.89. The smallest absolute Gasteiger partial charge is 0.338 e. The second kappa shape index (κ2) is 5.42. The maximum atomic E-state index is 12.0. The van der Waals surface area contributed by atoms with Crippen molar-refractivity contribution in [3.8, 4) is 0 Å². The molecule has 0 aliphatic heterocycles. The van der Waals surface area contributed by atoms with Crippen LogP contribution < -0.4 is 5.32 Å². The molecule has 0 saturated heterocycles. The fourth-order valence-corrected chi connectivity index (χ4v) is 2.43. The van der Waals surface area contributed by atoms with Crippen LogP contribution in [0, 0.1) is 6.92 Å². The molecule has 1 heterocycles. The third-order valence-electron chi connectivity index (χ3n) is 2.54. The highest BCUT2D eigenvalue weighted by atomic mass is 35.5. The molecule has 1 aromatic heterocycles. The number of rotatable bonds is 3. The highest BCUT2D eigenvalue weighted by Gasteiger charge is 2.15. The van der Waals surface area contributed by atoms with Crippen molar-refractivity contribution in [2.24, 2.45) is 0 Å². The summed E-state index contributed by atoms with van der Waals surface area (Å²) >= 11 is 7.06. The third-order valence-corrected chi connectivity index (χ3v) is 3.80. The van der Waals surface area contributed by atoms with Gasteiger partial charge < -0.3 is 10.4 Å². The number of halogens is 1. The first-order chi connectivity index (χ1) is 8.99. The van der Waals surface area contributed by atoms with Gasteiger partial charge in [-0.3, -0.25) is 4.79 Å². The predicted octanol–water partition coefficient (Wildman–Crippen LogP) is 3.66. The molecule has 0 saturated carbocycles. The number of aromatic carboxylic acids is 1. The number of aryl methyl sites for hydroxylation is 1. The van der Waals surface area contributed by atoms with Crippen LogP contribution >= 0.6 is 22.9 Å². The van der Waals surface area contributed by atoms with Crippen molar-refractivity contribution in [1.82, 2.24) is 0 Å². The van der Waals surface area contributed by atoms with Crippen LogP contribution in [0.2, 0.25) is 5.02 Å². The number of hydrogen-bond acceptors (Lipinski definition) is 3. The van der Waals surface area contributed by atoms with Crippen molar-refractivity contribution in [1.29, 1.82) is 0 Å². The van der Waals surface area contributed by atoms with Gasteiger partial charge in [-0.25, -0.2) is 4.79 Å². The topological polar surface area (TPSA) is 66.4 Å². The van der Waals surface area contributed by atoms with Gasteiger partial charge >= 0.3 is 5.97 Å². The van der Waals surface area contributed by atoms with E-state index in [2.05, 4.69) is 5.32 Å². The van der Waals surface area contributed by atoms with Crippen molar-refractivity contribution in [2.75, 3.05) is 5.32 Å². The first kappa shape index (κ1) is 13.6. The maximum Gasteiger partial charge on any atom is 0.338 e. The summed E-state index contributed by atoms with van der Waals surface area (Å²) in [6, 6.07) is 6.35. The van der Waals surface area contributed by atoms with Crippen molar-refractivity contribution < 1.29 is 14.7 Å². The van der Waals surface area contributed by atoms with Crippen LogP contribution in [0.1, 0.15) is 26.3 Å². The first-order valence-corrected chi connectivity index (χ1v) is 6.63. The number of thiophene rings is 1. The fourth-order valence-electron chi connectivity index (χ4n) is 1.54. The molecule has 0 aliphatic carbocycles. The number of anilines is 1. The Morgan fingerprint density at radius 1 is 1.32 bits per heavy atom. The maximum absolute atomic E-state index is 12.0. The van der Waals surface area contributed by atoms with E-state index in [1.807, 2.05) is 0 Å². The number of amides is 1. The summed E-state index contributed by atoms with van der Waals surface area (Å²) in [4.78, 5) is 22.9. The van der Waals surface area contributed by atoms with Crippen molar-refractivity contribution in [2.45, 2.75) is 6.92 Å².